The van der Waals surface area contributed by atoms with Crippen molar-refractivity contribution in [3.63, 3.8) is 0 Å². The summed E-state index contributed by atoms with van der Waals surface area (Å²) in [6.45, 7) is 4.96. The number of halogens is 1. The normalized spacial score (nSPS) is 15.4. The molecule has 1 N–H and O–H groups in total. The fourth-order valence-corrected chi connectivity index (χ4v) is 3.56. The molecule has 6 heteroatoms. The Hall–Kier alpha value is -1.95. The van der Waals surface area contributed by atoms with Crippen molar-refractivity contribution in [2.24, 2.45) is 0 Å². The number of piperazine rings is 1. The van der Waals surface area contributed by atoms with Crippen molar-refractivity contribution in [3.8, 4) is 6.07 Å². The second kappa shape index (κ2) is 9.12. The Balaban J connectivity index is 1.43. The van der Waals surface area contributed by atoms with Crippen molar-refractivity contribution in [2.75, 3.05) is 38.0 Å². The molecule has 0 spiro atoms. The second-order valence-corrected chi connectivity index (χ2v) is 7.67. The van der Waals surface area contributed by atoms with E-state index in [1.165, 1.54) is 5.56 Å². The lowest BCUT2D eigenvalue weighted by Gasteiger charge is -2.34. The molecule has 2 aromatic rings. The smallest absolute Gasteiger partial charge is 0.238 e. The van der Waals surface area contributed by atoms with E-state index >= 15 is 0 Å². The van der Waals surface area contributed by atoms with Crippen LogP contribution in [0, 0.1) is 14.9 Å². The van der Waals surface area contributed by atoms with Crippen LogP contribution in [-0.2, 0) is 11.3 Å². The maximum atomic E-state index is 12.2. The summed E-state index contributed by atoms with van der Waals surface area (Å²) in [7, 11) is 0. The van der Waals surface area contributed by atoms with Crippen LogP contribution in [0.3, 0.4) is 0 Å². The van der Waals surface area contributed by atoms with Crippen LogP contribution >= 0.6 is 22.6 Å². The molecule has 1 fully saturated rings. The average molecular weight is 460 g/mol. The van der Waals surface area contributed by atoms with Gasteiger partial charge in [-0.15, -0.1) is 0 Å². The van der Waals surface area contributed by atoms with Gasteiger partial charge in [-0.05, 0) is 58.5 Å². The van der Waals surface area contributed by atoms with E-state index in [2.05, 4.69) is 43.8 Å². The van der Waals surface area contributed by atoms with Crippen molar-refractivity contribution < 1.29 is 4.79 Å². The van der Waals surface area contributed by atoms with Crippen LogP contribution < -0.4 is 5.32 Å². The second-order valence-electron chi connectivity index (χ2n) is 6.42. The summed E-state index contributed by atoms with van der Waals surface area (Å²) >= 11 is 2.24. The molecule has 0 radical (unpaired) electrons. The zero-order chi connectivity index (χ0) is 18.4. The fourth-order valence-electron chi connectivity index (χ4n) is 3.02. The molecule has 1 aliphatic rings. The summed E-state index contributed by atoms with van der Waals surface area (Å²) in [4.78, 5) is 16.8. The van der Waals surface area contributed by atoms with Gasteiger partial charge in [0.05, 0.1) is 18.2 Å². The fraction of sp³-hybridized carbons (Fsp3) is 0.300. The van der Waals surface area contributed by atoms with E-state index in [0.29, 0.717) is 12.1 Å². The summed E-state index contributed by atoms with van der Waals surface area (Å²) in [6.07, 6.45) is 0. The van der Waals surface area contributed by atoms with Gasteiger partial charge in [0.1, 0.15) is 0 Å². The van der Waals surface area contributed by atoms with Crippen LogP contribution in [0.4, 0.5) is 5.69 Å². The number of amides is 1. The number of nitrogens with zero attached hydrogens (tertiary/aromatic N) is 3. The standard InChI is InChI=1S/C20H21IN4O/c21-18-2-1-3-19(12-18)23-20(26)15-25-10-8-24(9-11-25)14-17-6-4-16(13-22)5-7-17/h1-7,12H,8-11,14-15H2,(H,23,26). The van der Waals surface area contributed by atoms with Gasteiger partial charge in [-0.25, -0.2) is 0 Å². The molecule has 1 saturated heterocycles. The van der Waals surface area contributed by atoms with Gasteiger partial charge in [-0.1, -0.05) is 18.2 Å². The molecular formula is C20H21IN4O. The van der Waals surface area contributed by atoms with E-state index in [9.17, 15) is 4.79 Å². The predicted octanol–water partition coefficient (Wildman–Crippen LogP) is 2.92. The summed E-state index contributed by atoms with van der Waals surface area (Å²) in [6, 6.07) is 17.7. The zero-order valence-corrected chi connectivity index (χ0v) is 16.6. The minimum atomic E-state index is 0.0348. The van der Waals surface area contributed by atoms with Gasteiger partial charge in [0.25, 0.3) is 0 Å². The van der Waals surface area contributed by atoms with Gasteiger partial charge >= 0.3 is 0 Å². The molecule has 3 rings (SSSR count). The van der Waals surface area contributed by atoms with Crippen LogP contribution in [0.25, 0.3) is 0 Å². The van der Waals surface area contributed by atoms with Crippen molar-refractivity contribution >= 4 is 34.2 Å². The molecule has 0 aliphatic carbocycles. The summed E-state index contributed by atoms with van der Waals surface area (Å²) in [5.74, 6) is 0.0348. The number of hydrogen-bond acceptors (Lipinski definition) is 4. The first-order valence-corrected chi connectivity index (χ1v) is 9.69. The van der Waals surface area contributed by atoms with Gasteiger partial charge < -0.3 is 5.32 Å². The Morgan fingerprint density at radius 2 is 1.77 bits per heavy atom. The van der Waals surface area contributed by atoms with Crippen LogP contribution in [0.5, 0.6) is 0 Å². The third-order valence-electron chi connectivity index (χ3n) is 4.43. The summed E-state index contributed by atoms with van der Waals surface area (Å²) in [5.41, 5.74) is 2.76. The van der Waals surface area contributed by atoms with Crippen LogP contribution in [0.15, 0.2) is 48.5 Å². The molecule has 0 saturated carbocycles. The van der Waals surface area contributed by atoms with Crippen molar-refractivity contribution in [1.29, 1.82) is 5.26 Å². The van der Waals surface area contributed by atoms with Crippen LogP contribution in [0.2, 0.25) is 0 Å². The Morgan fingerprint density at radius 1 is 1.08 bits per heavy atom. The maximum Gasteiger partial charge on any atom is 0.238 e. The number of carbonyl (C=O) groups excluding carboxylic acids is 1. The molecule has 1 amide bonds. The lowest BCUT2D eigenvalue weighted by atomic mass is 10.1. The number of hydrogen-bond donors (Lipinski definition) is 1. The third-order valence-corrected chi connectivity index (χ3v) is 5.10. The van der Waals surface area contributed by atoms with E-state index in [4.69, 9.17) is 5.26 Å². The summed E-state index contributed by atoms with van der Waals surface area (Å²) in [5, 5.41) is 11.8. The largest absolute Gasteiger partial charge is 0.325 e. The minimum absolute atomic E-state index is 0.0348. The molecule has 26 heavy (non-hydrogen) atoms. The number of carbonyl (C=O) groups is 1. The zero-order valence-electron chi connectivity index (χ0n) is 14.5. The third kappa shape index (κ3) is 5.53. The SMILES string of the molecule is N#Cc1ccc(CN2CCN(CC(=O)Nc3cccc(I)c3)CC2)cc1. The highest BCUT2D eigenvalue weighted by Gasteiger charge is 2.19. The Labute approximate surface area is 167 Å². The highest BCUT2D eigenvalue weighted by molar-refractivity contribution is 14.1. The van der Waals surface area contributed by atoms with E-state index in [1.807, 2.05) is 48.5 Å². The molecule has 2 aromatic carbocycles. The van der Waals surface area contributed by atoms with E-state index in [0.717, 1.165) is 42.0 Å². The Morgan fingerprint density at radius 3 is 2.42 bits per heavy atom. The molecule has 5 nitrogen and oxygen atoms in total. The molecule has 0 bridgehead atoms. The van der Waals surface area contributed by atoms with E-state index in [-0.39, 0.29) is 5.91 Å². The quantitative estimate of drug-likeness (QED) is 0.698. The molecule has 0 atom stereocenters. The molecule has 134 valence electrons. The number of anilines is 1. The van der Waals surface area contributed by atoms with Gasteiger partial charge in [0, 0.05) is 42.0 Å². The minimum Gasteiger partial charge on any atom is -0.325 e. The van der Waals surface area contributed by atoms with E-state index in [1.54, 1.807) is 0 Å². The highest BCUT2D eigenvalue weighted by atomic mass is 127. The monoisotopic (exact) mass is 460 g/mol. The first-order chi connectivity index (χ1) is 12.6. The first kappa shape index (κ1) is 18.8. The van der Waals surface area contributed by atoms with Gasteiger partial charge in [-0.2, -0.15) is 5.26 Å². The van der Waals surface area contributed by atoms with Gasteiger partial charge in [0.2, 0.25) is 5.91 Å². The molecule has 0 aromatic heterocycles. The Kier molecular flexibility index (Phi) is 6.61. The first-order valence-electron chi connectivity index (χ1n) is 8.61. The summed E-state index contributed by atoms with van der Waals surface area (Å²) < 4.78 is 1.11. The highest BCUT2D eigenvalue weighted by Crippen LogP contribution is 2.13. The molecule has 1 aliphatic heterocycles. The van der Waals surface area contributed by atoms with Crippen molar-refractivity contribution in [2.45, 2.75) is 6.54 Å². The van der Waals surface area contributed by atoms with Crippen LogP contribution in [-0.4, -0.2) is 48.4 Å². The average Bonchev–Trinajstić information content (AvgIpc) is 2.64. The lowest BCUT2D eigenvalue weighted by molar-refractivity contribution is -0.117. The lowest BCUT2D eigenvalue weighted by Crippen LogP contribution is -2.48. The topological polar surface area (TPSA) is 59.4 Å². The van der Waals surface area contributed by atoms with Gasteiger partial charge in [-0.3, -0.25) is 14.6 Å². The van der Waals surface area contributed by atoms with Crippen molar-refractivity contribution in [1.82, 2.24) is 9.80 Å². The predicted molar refractivity (Wildman–Crippen MR) is 111 cm³/mol. The van der Waals surface area contributed by atoms with Crippen LogP contribution in [0.1, 0.15) is 11.1 Å². The maximum absolute atomic E-state index is 12.2. The number of nitrogens with one attached hydrogen (secondary N) is 1. The van der Waals surface area contributed by atoms with Gasteiger partial charge in [0.15, 0.2) is 0 Å². The van der Waals surface area contributed by atoms with Crippen molar-refractivity contribution in [3.05, 3.63) is 63.2 Å². The molecule has 0 unspecified atom stereocenters. The molecule has 1 heterocycles. The number of nitriles is 1. The Bertz CT molecular complexity index is 792. The number of rotatable bonds is 5. The van der Waals surface area contributed by atoms with E-state index < -0.39 is 0 Å². The number of benzene rings is 2. The molecular weight excluding hydrogens is 439 g/mol.